The fourth-order valence-electron chi connectivity index (χ4n) is 2.64. The van der Waals surface area contributed by atoms with Crippen LogP contribution in [0.25, 0.3) is 11.3 Å². The molecule has 0 bridgehead atoms. The van der Waals surface area contributed by atoms with E-state index in [9.17, 15) is 0 Å². The highest BCUT2D eigenvalue weighted by Crippen LogP contribution is 2.28. The monoisotopic (exact) mass is 227 g/mol. The fourth-order valence-corrected chi connectivity index (χ4v) is 2.64. The second-order valence-corrected chi connectivity index (χ2v) is 4.66. The van der Waals surface area contributed by atoms with Gasteiger partial charge in [0.25, 0.3) is 0 Å². The van der Waals surface area contributed by atoms with E-state index >= 15 is 0 Å². The first-order chi connectivity index (χ1) is 8.29. The average molecular weight is 227 g/mol. The molecule has 2 N–H and O–H groups in total. The summed E-state index contributed by atoms with van der Waals surface area (Å²) in [5, 5.41) is 0. The molecule has 1 aliphatic rings. The quantitative estimate of drug-likeness (QED) is 0.853. The zero-order valence-electron chi connectivity index (χ0n) is 10.1. The van der Waals surface area contributed by atoms with Crippen LogP contribution in [0.4, 0.5) is 0 Å². The highest BCUT2D eigenvalue weighted by atomic mass is 15.1. The van der Waals surface area contributed by atoms with Crippen LogP contribution in [0.2, 0.25) is 0 Å². The lowest BCUT2D eigenvalue weighted by Gasteiger charge is -2.07. The lowest BCUT2D eigenvalue weighted by atomic mass is 10.0. The van der Waals surface area contributed by atoms with E-state index in [2.05, 4.69) is 27.8 Å². The van der Waals surface area contributed by atoms with Gasteiger partial charge in [-0.1, -0.05) is 12.1 Å². The van der Waals surface area contributed by atoms with E-state index in [4.69, 9.17) is 5.73 Å². The Hall–Kier alpha value is -1.61. The number of aromatic nitrogens is 2. The summed E-state index contributed by atoms with van der Waals surface area (Å²) in [6.45, 7) is 0.488. The summed E-state index contributed by atoms with van der Waals surface area (Å²) in [7, 11) is 2.03. The van der Waals surface area contributed by atoms with Crippen molar-refractivity contribution in [3.05, 3.63) is 41.3 Å². The molecule has 2 aromatic rings. The van der Waals surface area contributed by atoms with Crippen molar-refractivity contribution < 1.29 is 0 Å². The molecular weight excluding hydrogens is 210 g/mol. The molecule has 3 rings (SSSR count). The summed E-state index contributed by atoms with van der Waals surface area (Å²) in [4.78, 5) is 4.34. The molecule has 17 heavy (non-hydrogen) atoms. The van der Waals surface area contributed by atoms with Gasteiger partial charge >= 0.3 is 0 Å². The minimum Gasteiger partial charge on any atom is -0.330 e. The molecule has 1 aromatic heterocycles. The van der Waals surface area contributed by atoms with Crippen molar-refractivity contribution in [3.8, 4) is 11.3 Å². The first-order valence-corrected chi connectivity index (χ1v) is 6.12. The summed E-state index contributed by atoms with van der Waals surface area (Å²) in [5.74, 6) is 0.931. The highest BCUT2D eigenvalue weighted by Gasteiger charge is 2.13. The van der Waals surface area contributed by atoms with Gasteiger partial charge < -0.3 is 10.3 Å². The second kappa shape index (κ2) is 4.00. The number of aryl methyl sites for hydroxylation is 2. The Bertz CT molecular complexity index is 555. The van der Waals surface area contributed by atoms with Crippen LogP contribution in [0, 0.1) is 0 Å². The number of rotatable bonds is 2. The van der Waals surface area contributed by atoms with Crippen LogP contribution in [-0.2, 0) is 26.4 Å². The van der Waals surface area contributed by atoms with E-state index in [1.54, 1.807) is 0 Å². The Morgan fingerprint density at radius 3 is 2.88 bits per heavy atom. The first-order valence-electron chi connectivity index (χ1n) is 6.12. The molecule has 0 unspecified atom stereocenters. The molecule has 1 aliphatic carbocycles. The van der Waals surface area contributed by atoms with Crippen molar-refractivity contribution in [3.63, 3.8) is 0 Å². The maximum absolute atomic E-state index is 5.65. The van der Waals surface area contributed by atoms with Gasteiger partial charge in [0.2, 0.25) is 0 Å². The van der Waals surface area contributed by atoms with Gasteiger partial charge in [0, 0.05) is 12.6 Å². The van der Waals surface area contributed by atoms with Crippen molar-refractivity contribution in [2.24, 2.45) is 12.8 Å². The zero-order chi connectivity index (χ0) is 11.8. The molecule has 0 spiro atoms. The van der Waals surface area contributed by atoms with Crippen LogP contribution in [0.1, 0.15) is 23.4 Å². The van der Waals surface area contributed by atoms with Gasteiger partial charge in [-0.05, 0) is 36.5 Å². The van der Waals surface area contributed by atoms with E-state index in [0.717, 1.165) is 11.5 Å². The van der Waals surface area contributed by atoms with Gasteiger partial charge in [0.1, 0.15) is 5.82 Å². The molecule has 1 aromatic carbocycles. The molecule has 3 nitrogen and oxygen atoms in total. The van der Waals surface area contributed by atoms with E-state index < -0.39 is 0 Å². The number of benzene rings is 1. The minimum absolute atomic E-state index is 0.488. The number of nitrogens with two attached hydrogens (primary N) is 1. The predicted octanol–water partition coefficient (Wildman–Crippen LogP) is 2.03. The van der Waals surface area contributed by atoms with Crippen molar-refractivity contribution in [2.75, 3.05) is 0 Å². The SMILES string of the molecule is Cn1c(-c2ccc3c(c2)CCC3)cnc1CN. The van der Waals surface area contributed by atoms with Crippen molar-refractivity contribution in [1.29, 1.82) is 0 Å². The summed E-state index contributed by atoms with van der Waals surface area (Å²) in [6.07, 6.45) is 5.65. The average Bonchev–Trinajstić information content (AvgIpc) is 2.94. The summed E-state index contributed by atoms with van der Waals surface area (Å²) >= 11 is 0. The molecule has 0 saturated heterocycles. The summed E-state index contributed by atoms with van der Waals surface area (Å²) < 4.78 is 2.08. The normalized spacial score (nSPS) is 14.0. The van der Waals surface area contributed by atoms with E-state index in [1.165, 1.54) is 36.0 Å². The second-order valence-electron chi connectivity index (χ2n) is 4.66. The Labute approximate surface area is 101 Å². The molecule has 0 atom stereocenters. The van der Waals surface area contributed by atoms with Gasteiger partial charge in [0.05, 0.1) is 18.4 Å². The smallest absolute Gasteiger partial charge is 0.122 e. The molecule has 3 heteroatoms. The topological polar surface area (TPSA) is 43.8 Å². The third-order valence-corrected chi connectivity index (χ3v) is 3.66. The Morgan fingerprint density at radius 2 is 2.12 bits per heavy atom. The lowest BCUT2D eigenvalue weighted by Crippen LogP contribution is -2.05. The highest BCUT2D eigenvalue weighted by molar-refractivity contribution is 5.62. The maximum Gasteiger partial charge on any atom is 0.122 e. The van der Waals surface area contributed by atoms with Gasteiger partial charge in [-0.15, -0.1) is 0 Å². The number of nitrogens with zero attached hydrogens (tertiary/aromatic N) is 2. The maximum atomic E-state index is 5.65. The van der Waals surface area contributed by atoms with Gasteiger partial charge in [-0.2, -0.15) is 0 Å². The molecular formula is C14H17N3. The fraction of sp³-hybridized carbons (Fsp3) is 0.357. The van der Waals surface area contributed by atoms with E-state index in [0.29, 0.717) is 6.54 Å². The van der Waals surface area contributed by atoms with Crippen LogP contribution < -0.4 is 5.73 Å². The van der Waals surface area contributed by atoms with Gasteiger partial charge in [0.15, 0.2) is 0 Å². The molecule has 0 aliphatic heterocycles. The lowest BCUT2D eigenvalue weighted by molar-refractivity contribution is 0.799. The van der Waals surface area contributed by atoms with Gasteiger partial charge in [-0.25, -0.2) is 4.98 Å². The molecule has 0 fully saturated rings. The van der Waals surface area contributed by atoms with Crippen LogP contribution in [0.3, 0.4) is 0 Å². The largest absolute Gasteiger partial charge is 0.330 e. The Balaban J connectivity index is 2.06. The number of fused-ring (bicyclic) bond motifs is 1. The molecule has 88 valence electrons. The Kier molecular flexibility index (Phi) is 2.48. The van der Waals surface area contributed by atoms with Crippen LogP contribution >= 0.6 is 0 Å². The third kappa shape index (κ3) is 1.67. The zero-order valence-corrected chi connectivity index (χ0v) is 10.1. The number of hydrogen-bond donors (Lipinski definition) is 1. The molecule has 0 amide bonds. The van der Waals surface area contributed by atoms with Crippen LogP contribution in [-0.4, -0.2) is 9.55 Å². The predicted molar refractivity (Wildman–Crippen MR) is 68.6 cm³/mol. The molecule has 0 radical (unpaired) electrons. The van der Waals surface area contributed by atoms with Crippen LogP contribution in [0.5, 0.6) is 0 Å². The summed E-state index contributed by atoms with van der Waals surface area (Å²) in [5.41, 5.74) is 11.1. The van der Waals surface area contributed by atoms with E-state index in [1.807, 2.05) is 13.2 Å². The number of imidazole rings is 1. The van der Waals surface area contributed by atoms with Crippen molar-refractivity contribution in [2.45, 2.75) is 25.8 Å². The standard InChI is InChI=1S/C14H17N3/c1-17-13(9-16-14(17)8-15)12-6-5-10-3-2-4-11(10)7-12/h5-7,9H,2-4,8,15H2,1H3. The first kappa shape index (κ1) is 10.5. The van der Waals surface area contributed by atoms with Crippen molar-refractivity contribution in [1.82, 2.24) is 9.55 Å². The summed E-state index contributed by atoms with van der Waals surface area (Å²) in [6, 6.07) is 6.76. The van der Waals surface area contributed by atoms with Gasteiger partial charge in [-0.3, -0.25) is 0 Å². The Morgan fingerprint density at radius 1 is 1.29 bits per heavy atom. The minimum atomic E-state index is 0.488. The van der Waals surface area contributed by atoms with Crippen LogP contribution in [0.15, 0.2) is 24.4 Å². The van der Waals surface area contributed by atoms with E-state index in [-0.39, 0.29) is 0 Å². The van der Waals surface area contributed by atoms with Crippen molar-refractivity contribution >= 4 is 0 Å². The number of hydrogen-bond acceptors (Lipinski definition) is 2. The molecule has 0 saturated carbocycles. The molecule has 1 heterocycles. The third-order valence-electron chi connectivity index (χ3n) is 3.66.